The summed E-state index contributed by atoms with van der Waals surface area (Å²) in [6, 6.07) is 3.86. The van der Waals surface area contributed by atoms with Crippen molar-refractivity contribution in [3.8, 4) is 0 Å². The smallest absolute Gasteiger partial charge is 0.214 e. The zero-order valence-corrected chi connectivity index (χ0v) is 4.76. The molecule has 8 heavy (non-hydrogen) atoms. The minimum atomic E-state index is 1.05. The fraction of sp³-hybridized carbons (Fsp3) is 0. The molecule has 1 N–H and O–H groups in total. The Labute approximate surface area is 49.4 Å². The SMILES string of the molecule is BNc1cccnc1. The fourth-order valence-corrected chi connectivity index (χ4v) is 0.511. The van der Waals surface area contributed by atoms with E-state index in [4.69, 9.17) is 0 Å². The lowest BCUT2D eigenvalue weighted by atomic mass is 10.3. The number of nitrogens with zero attached hydrogens (tertiary/aromatic N) is 1. The van der Waals surface area contributed by atoms with Crippen LogP contribution in [-0.2, 0) is 0 Å². The summed E-state index contributed by atoms with van der Waals surface area (Å²) in [7, 11) is 1.87. The van der Waals surface area contributed by atoms with E-state index in [-0.39, 0.29) is 0 Å². The highest BCUT2D eigenvalue weighted by Crippen LogP contribution is 1.98. The third kappa shape index (κ3) is 0.995. The first-order valence-corrected chi connectivity index (χ1v) is 2.51. The van der Waals surface area contributed by atoms with Crippen molar-refractivity contribution in [1.29, 1.82) is 0 Å². The van der Waals surface area contributed by atoms with Gasteiger partial charge < -0.3 is 5.23 Å². The minimum absolute atomic E-state index is 1.05. The summed E-state index contributed by atoms with van der Waals surface area (Å²) in [6.45, 7) is 0. The van der Waals surface area contributed by atoms with Gasteiger partial charge in [0.2, 0.25) is 7.98 Å². The molecule has 0 saturated heterocycles. The highest BCUT2D eigenvalue weighted by atomic mass is 14.8. The zero-order chi connectivity index (χ0) is 5.82. The van der Waals surface area contributed by atoms with E-state index in [1.807, 2.05) is 20.1 Å². The van der Waals surface area contributed by atoms with E-state index in [0.717, 1.165) is 5.69 Å². The molecular formula is C5H7BN2. The highest BCUT2D eigenvalue weighted by Gasteiger charge is 1.79. The van der Waals surface area contributed by atoms with E-state index in [1.54, 1.807) is 12.4 Å². The first kappa shape index (κ1) is 5.16. The molecule has 0 bridgehead atoms. The first-order chi connectivity index (χ1) is 3.93. The number of hydrogen-bond donors (Lipinski definition) is 1. The van der Waals surface area contributed by atoms with Crippen LogP contribution in [0.25, 0.3) is 0 Å². The molecule has 0 unspecified atom stereocenters. The number of hydrogen-bond acceptors (Lipinski definition) is 2. The molecule has 0 aliphatic carbocycles. The van der Waals surface area contributed by atoms with Gasteiger partial charge in [-0.3, -0.25) is 4.98 Å². The number of aromatic nitrogens is 1. The number of pyridine rings is 1. The number of anilines is 1. The van der Waals surface area contributed by atoms with E-state index < -0.39 is 0 Å². The van der Waals surface area contributed by atoms with E-state index in [9.17, 15) is 0 Å². The molecule has 1 rings (SSSR count). The van der Waals surface area contributed by atoms with Crippen LogP contribution in [-0.4, -0.2) is 13.0 Å². The predicted octanol–water partition coefficient (Wildman–Crippen LogP) is 0.0416. The summed E-state index contributed by atoms with van der Waals surface area (Å²) in [5.41, 5.74) is 1.05. The van der Waals surface area contributed by atoms with Crippen molar-refractivity contribution < 1.29 is 0 Å². The topological polar surface area (TPSA) is 24.9 Å². The molecule has 0 spiro atoms. The van der Waals surface area contributed by atoms with Gasteiger partial charge in [0, 0.05) is 18.1 Å². The van der Waals surface area contributed by atoms with Crippen LogP contribution in [0.2, 0.25) is 0 Å². The van der Waals surface area contributed by atoms with Crippen LogP contribution in [0, 0.1) is 0 Å². The average Bonchev–Trinajstić information content (AvgIpc) is 1.90. The summed E-state index contributed by atoms with van der Waals surface area (Å²) < 4.78 is 0. The summed E-state index contributed by atoms with van der Waals surface area (Å²) in [5, 5.41) is 2.96. The molecule has 0 aliphatic heterocycles. The van der Waals surface area contributed by atoms with Crippen LogP contribution in [0.1, 0.15) is 0 Å². The largest absolute Gasteiger partial charge is 0.433 e. The predicted molar refractivity (Wildman–Crippen MR) is 36.4 cm³/mol. The molecule has 1 heterocycles. The highest BCUT2D eigenvalue weighted by molar-refractivity contribution is 6.15. The Balaban J connectivity index is 2.83. The Morgan fingerprint density at radius 1 is 1.62 bits per heavy atom. The molecule has 1 aromatic heterocycles. The fourth-order valence-electron chi connectivity index (χ4n) is 0.511. The molecule has 1 aromatic rings. The van der Waals surface area contributed by atoms with Gasteiger partial charge in [0.25, 0.3) is 0 Å². The molecule has 2 nitrogen and oxygen atoms in total. The van der Waals surface area contributed by atoms with Crippen LogP contribution in [0.15, 0.2) is 24.5 Å². The van der Waals surface area contributed by atoms with Crippen molar-refractivity contribution in [3.05, 3.63) is 24.5 Å². The van der Waals surface area contributed by atoms with Crippen LogP contribution in [0.3, 0.4) is 0 Å². The molecule has 0 fully saturated rings. The minimum Gasteiger partial charge on any atom is -0.433 e. The second kappa shape index (κ2) is 2.35. The molecule has 40 valence electrons. The Bertz CT molecular complexity index is 152. The van der Waals surface area contributed by atoms with Crippen molar-refractivity contribution in [2.45, 2.75) is 0 Å². The van der Waals surface area contributed by atoms with E-state index in [1.165, 1.54) is 0 Å². The maximum Gasteiger partial charge on any atom is 0.214 e. The van der Waals surface area contributed by atoms with Gasteiger partial charge in [-0.1, -0.05) is 0 Å². The second-order valence-electron chi connectivity index (χ2n) is 1.49. The molecule has 0 aliphatic rings. The Hall–Kier alpha value is -0.985. The first-order valence-electron chi connectivity index (χ1n) is 2.51. The molecule has 3 heteroatoms. The van der Waals surface area contributed by atoms with Crippen molar-refractivity contribution in [3.63, 3.8) is 0 Å². The Morgan fingerprint density at radius 2 is 2.50 bits per heavy atom. The molecule has 0 aromatic carbocycles. The molecule has 0 atom stereocenters. The van der Waals surface area contributed by atoms with Gasteiger partial charge in [-0.2, -0.15) is 0 Å². The Kier molecular flexibility index (Phi) is 1.52. The van der Waals surface area contributed by atoms with Gasteiger partial charge in [-0.25, -0.2) is 0 Å². The Morgan fingerprint density at radius 3 is 2.88 bits per heavy atom. The molecule has 0 saturated carbocycles. The standard InChI is InChI=1S/C5H7BN2/c6-8-5-2-1-3-7-4-5/h1-4,8H,6H2. The summed E-state index contributed by atoms with van der Waals surface area (Å²) in [5.74, 6) is 0. The van der Waals surface area contributed by atoms with Gasteiger partial charge in [-0.15, -0.1) is 0 Å². The third-order valence-corrected chi connectivity index (χ3v) is 0.950. The van der Waals surface area contributed by atoms with E-state index in [2.05, 4.69) is 10.2 Å². The molecule has 0 amide bonds. The lowest BCUT2D eigenvalue weighted by Crippen LogP contribution is -1.88. The van der Waals surface area contributed by atoms with Crippen molar-refractivity contribution in [1.82, 2.24) is 4.98 Å². The van der Waals surface area contributed by atoms with Crippen molar-refractivity contribution in [2.24, 2.45) is 0 Å². The lowest BCUT2D eigenvalue weighted by Gasteiger charge is -1.93. The van der Waals surface area contributed by atoms with Gasteiger partial charge in [0.1, 0.15) is 0 Å². The van der Waals surface area contributed by atoms with Gasteiger partial charge >= 0.3 is 0 Å². The average molecular weight is 106 g/mol. The van der Waals surface area contributed by atoms with Gasteiger partial charge in [0.15, 0.2) is 0 Å². The molecule has 0 radical (unpaired) electrons. The number of nitrogens with one attached hydrogen (secondary N) is 1. The maximum atomic E-state index is 3.89. The van der Waals surface area contributed by atoms with Crippen LogP contribution in [0.5, 0.6) is 0 Å². The van der Waals surface area contributed by atoms with Gasteiger partial charge in [0.05, 0.1) is 0 Å². The summed E-state index contributed by atoms with van der Waals surface area (Å²) >= 11 is 0. The quantitative estimate of drug-likeness (QED) is 0.511. The van der Waals surface area contributed by atoms with E-state index in [0.29, 0.717) is 0 Å². The van der Waals surface area contributed by atoms with Crippen LogP contribution < -0.4 is 5.23 Å². The lowest BCUT2D eigenvalue weighted by molar-refractivity contribution is 1.33. The maximum absolute atomic E-state index is 3.89. The number of rotatable bonds is 1. The van der Waals surface area contributed by atoms with Crippen molar-refractivity contribution >= 4 is 13.7 Å². The summed E-state index contributed by atoms with van der Waals surface area (Å²) in [4.78, 5) is 3.89. The summed E-state index contributed by atoms with van der Waals surface area (Å²) in [6.07, 6.45) is 3.53. The zero-order valence-electron chi connectivity index (χ0n) is 4.76. The third-order valence-electron chi connectivity index (χ3n) is 0.950. The van der Waals surface area contributed by atoms with Crippen LogP contribution in [0.4, 0.5) is 5.69 Å². The monoisotopic (exact) mass is 106 g/mol. The van der Waals surface area contributed by atoms with Crippen LogP contribution >= 0.6 is 0 Å². The van der Waals surface area contributed by atoms with Crippen molar-refractivity contribution in [2.75, 3.05) is 5.23 Å². The van der Waals surface area contributed by atoms with E-state index >= 15 is 0 Å². The molecular weight excluding hydrogens is 98.9 g/mol. The second-order valence-corrected chi connectivity index (χ2v) is 1.49. The normalized spacial score (nSPS) is 8.50. The van der Waals surface area contributed by atoms with Gasteiger partial charge in [-0.05, 0) is 12.1 Å².